The van der Waals surface area contributed by atoms with Crippen LogP contribution < -0.4 is 0 Å². The van der Waals surface area contributed by atoms with Crippen molar-refractivity contribution in [2.75, 3.05) is 13.7 Å². The Kier molecular flexibility index (Phi) is 5.70. The van der Waals surface area contributed by atoms with Crippen molar-refractivity contribution in [1.29, 1.82) is 0 Å². The van der Waals surface area contributed by atoms with Gasteiger partial charge in [0.2, 0.25) is 0 Å². The Balaban J connectivity index is 2.04. The molecule has 1 unspecified atom stereocenters. The number of ether oxygens (including phenoxy) is 1. The highest BCUT2D eigenvalue weighted by Gasteiger charge is 2.25. The van der Waals surface area contributed by atoms with Gasteiger partial charge in [0.15, 0.2) is 0 Å². The van der Waals surface area contributed by atoms with Gasteiger partial charge < -0.3 is 4.74 Å². The van der Waals surface area contributed by atoms with Crippen LogP contribution >= 0.6 is 23.2 Å². The molecule has 0 bridgehead atoms. The SMILES string of the molecule is COC(=O)CC1CCCCN1Cc1ccc(Cl)c(Cl)c1. The third kappa shape index (κ3) is 4.11. The minimum absolute atomic E-state index is 0.143. The van der Waals surface area contributed by atoms with Gasteiger partial charge in [-0.25, -0.2) is 0 Å². The monoisotopic (exact) mass is 315 g/mol. The van der Waals surface area contributed by atoms with Crippen LogP contribution in [0.15, 0.2) is 18.2 Å². The summed E-state index contributed by atoms with van der Waals surface area (Å²) in [6.07, 6.45) is 3.83. The molecule has 1 aromatic carbocycles. The number of hydrogen-bond acceptors (Lipinski definition) is 3. The molecule has 0 aliphatic carbocycles. The van der Waals surface area contributed by atoms with E-state index in [0.29, 0.717) is 16.5 Å². The minimum atomic E-state index is -0.143. The third-order valence-electron chi connectivity index (χ3n) is 3.75. The van der Waals surface area contributed by atoms with E-state index in [1.54, 1.807) is 0 Å². The first-order valence-corrected chi connectivity index (χ1v) is 7.60. The van der Waals surface area contributed by atoms with Crippen molar-refractivity contribution >= 4 is 29.2 Å². The summed E-state index contributed by atoms with van der Waals surface area (Å²) in [6.45, 7) is 1.79. The lowest BCUT2D eigenvalue weighted by Crippen LogP contribution is -2.40. The molecule has 20 heavy (non-hydrogen) atoms. The van der Waals surface area contributed by atoms with Crippen molar-refractivity contribution in [3.63, 3.8) is 0 Å². The first-order chi connectivity index (χ1) is 9.60. The van der Waals surface area contributed by atoms with Crippen molar-refractivity contribution in [2.24, 2.45) is 0 Å². The highest BCUT2D eigenvalue weighted by molar-refractivity contribution is 6.42. The molecule has 1 aliphatic rings. The van der Waals surface area contributed by atoms with Crippen LogP contribution in [0, 0.1) is 0 Å². The Hall–Kier alpha value is -0.770. The van der Waals surface area contributed by atoms with Gasteiger partial charge in [0.05, 0.1) is 23.6 Å². The molecule has 1 saturated heterocycles. The van der Waals surface area contributed by atoms with Gasteiger partial charge in [0, 0.05) is 12.6 Å². The summed E-state index contributed by atoms with van der Waals surface area (Å²) >= 11 is 12.0. The standard InChI is InChI=1S/C15H19Cl2NO2/c1-20-15(19)9-12-4-2-3-7-18(12)10-11-5-6-13(16)14(17)8-11/h5-6,8,12H,2-4,7,9-10H2,1H3. The Morgan fingerprint density at radius 2 is 2.15 bits per heavy atom. The Morgan fingerprint density at radius 1 is 1.35 bits per heavy atom. The molecule has 1 fully saturated rings. The van der Waals surface area contributed by atoms with Crippen LogP contribution in [0.3, 0.4) is 0 Å². The normalized spacial score (nSPS) is 19.9. The molecule has 1 heterocycles. The second-order valence-electron chi connectivity index (χ2n) is 5.15. The van der Waals surface area contributed by atoms with Gasteiger partial charge in [-0.3, -0.25) is 9.69 Å². The second-order valence-corrected chi connectivity index (χ2v) is 5.96. The van der Waals surface area contributed by atoms with Gasteiger partial charge in [-0.05, 0) is 37.1 Å². The summed E-state index contributed by atoms with van der Waals surface area (Å²) < 4.78 is 4.78. The van der Waals surface area contributed by atoms with E-state index in [0.717, 1.165) is 25.1 Å². The predicted molar refractivity (Wildman–Crippen MR) is 81.1 cm³/mol. The van der Waals surface area contributed by atoms with E-state index in [4.69, 9.17) is 27.9 Å². The van der Waals surface area contributed by atoms with Crippen LogP contribution in [0.4, 0.5) is 0 Å². The van der Waals surface area contributed by atoms with E-state index in [2.05, 4.69) is 4.90 Å². The largest absolute Gasteiger partial charge is 0.469 e. The van der Waals surface area contributed by atoms with Crippen LogP contribution in [-0.4, -0.2) is 30.6 Å². The maximum Gasteiger partial charge on any atom is 0.307 e. The number of halogens is 2. The van der Waals surface area contributed by atoms with Crippen molar-refractivity contribution in [2.45, 2.75) is 38.3 Å². The molecule has 1 aliphatic heterocycles. The first-order valence-electron chi connectivity index (χ1n) is 6.85. The molecule has 0 aromatic heterocycles. The van der Waals surface area contributed by atoms with Crippen LogP contribution in [-0.2, 0) is 16.1 Å². The zero-order valence-corrected chi connectivity index (χ0v) is 13.1. The number of rotatable bonds is 4. The van der Waals surface area contributed by atoms with E-state index < -0.39 is 0 Å². The van der Waals surface area contributed by atoms with E-state index >= 15 is 0 Å². The van der Waals surface area contributed by atoms with E-state index in [-0.39, 0.29) is 12.0 Å². The molecule has 3 nitrogen and oxygen atoms in total. The summed E-state index contributed by atoms with van der Waals surface area (Å²) in [7, 11) is 1.44. The molecular weight excluding hydrogens is 297 g/mol. The number of esters is 1. The van der Waals surface area contributed by atoms with Crippen molar-refractivity contribution in [3.05, 3.63) is 33.8 Å². The Morgan fingerprint density at radius 3 is 2.85 bits per heavy atom. The predicted octanol–water partition coefficient (Wildman–Crippen LogP) is 3.91. The van der Waals surface area contributed by atoms with Crippen molar-refractivity contribution in [1.82, 2.24) is 4.90 Å². The summed E-state index contributed by atoms with van der Waals surface area (Å²) in [4.78, 5) is 13.8. The number of benzene rings is 1. The van der Waals surface area contributed by atoms with Crippen molar-refractivity contribution < 1.29 is 9.53 Å². The Labute approximate surface area is 129 Å². The summed E-state index contributed by atoms with van der Waals surface area (Å²) in [5.74, 6) is -0.143. The van der Waals surface area contributed by atoms with E-state index in [1.807, 2.05) is 18.2 Å². The number of methoxy groups -OCH3 is 1. The fourth-order valence-electron chi connectivity index (χ4n) is 2.65. The van der Waals surface area contributed by atoms with Gasteiger partial charge in [-0.15, -0.1) is 0 Å². The maximum absolute atomic E-state index is 11.5. The smallest absolute Gasteiger partial charge is 0.307 e. The quantitative estimate of drug-likeness (QED) is 0.789. The Bertz CT molecular complexity index is 479. The van der Waals surface area contributed by atoms with Crippen LogP contribution in [0.1, 0.15) is 31.2 Å². The average molecular weight is 316 g/mol. The molecular formula is C15H19Cl2NO2. The molecule has 0 N–H and O–H groups in total. The minimum Gasteiger partial charge on any atom is -0.469 e. The fourth-order valence-corrected chi connectivity index (χ4v) is 2.97. The fraction of sp³-hybridized carbons (Fsp3) is 0.533. The number of carbonyl (C=O) groups excluding carboxylic acids is 1. The molecule has 0 radical (unpaired) electrons. The summed E-state index contributed by atoms with van der Waals surface area (Å²) in [5, 5.41) is 1.14. The van der Waals surface area contributed by atoms with E-state index in [9.17, 15) is 4.79 Å². The second kappa shape index (κ2) is 7.30. The van der Waals surface area contributed by atoms with Gasteiger partial charge in [0.1, 0.15) is 0 Å². The molecule has 2 rings (SSSR count). The molecule has 0 amide bonds. The zero-order chi connectivity index (χ0) is 14.5. The topological polar surface area (TPSA) is 29.5 Å². The number of likely N-dealkylation sites (tertiary alicyclic amines) is 1. The van der Waals surface area contributed by atoms with Crippen LogP contribution in [0.25, 0.3) is 0 Å². The van der Waals surface area contributed by atoms with Gasteiger partial charge in [-0.1, -0.05) is 35.7 Å². The highest BCUT2D eigenvalue weighted by Crippen LogP contribution is 2.26. The number of hydrogen-bond donors (Lipinski definition) is 0. The lowest BCUT2D eigenvalue weighted by molar-refractivity contribution is -0.142. The molecule has 1 atom stereocenters. The van der Waals surface area contributed by atoms with Crippen LogP contribution in [0.2, 0.25) is 10.0 Å². The number of nitrogens with zero attached hydrogens (tertiary/aromatic N) is 1. The van der Waals surface area contributed by atoms with Gasteiger partial charge in [0.25, 0.3) is 0 Å². The zero-order valence-electron chi connectivity index (χ0n) is 11.6. The molecule has 0 saturated carbocycles. The number of carbonyl (C=O) groups is 1. The van der Waals surface area contributed by atoms with E-state index in [1.165, 1.54) is 20.0 Å². The first kappa shape index (κ1) is 15.6. The number of piperidine rings is 1. The van der Waals surface area contributed by atoms with Crippen LogP contribution in [0.5, 0.6) is 0 Å². The summed E-state index contributed by atoms with van der Waals surface area (Å²) in [6, 6.07) is 5.95. The van der Waals surface area contributed by atoms with Gasteiger partial charge >= 0.3 is 5.97 Å². The molecule has 5 heteroatoms. The van der Waals surface area contributed by atoms with Gasteiger partial charge in [-0.2, -0.15) is 0 Å². The maximum atomic E-state index is 11.5. The van der Waals surface area contributed by atoms with Crippen molar-refractivity contribution in [3.8, 4) is 0 Å². The third-order valence-corrected chi connectivity index (χ3v) is 4.49. The summed E-state index contributed by atoms with van der Waals surface area (Å²) in [5.41, 5.74) is 1.12. The lowest BCUT2D eigenvalue weighted by Gasteiger charge is -2.35. The molecule has 110 valence electrons. The highest BCUT2D eigenvalue weighted by atomic mass is 35.5. The average Bonchev–Trinajstić information content (AvgIpc) is 2.45. The molecule has 1 aromatic rings. The lowest BCUT2D eigenvalue weighted by atomic mass is 9.98. The molecule has 0 spiro atoms.